The highest BCUT2D eigenvalue weighted by molar-refractivity contribution is 7.89. The minimum Gasteiger partial charge on any atom is -0.497 e. The van der Waals surface area contributed by atoms with Crippen molar-refractivity contribution < 1.29 is 27.1 Å². The van der Waals surface area contributed by atoms with Crippen molar-refractivity contribution in [2.75, 3.05) is 26.7 Å². The summed E-state index contributed by atoms with van der Waals surface area (Å²) in [6, 6.07) is 11.9. The third-order valence-corrected chi connectivity index (χ3v) is 7.79. The van der Waals surface area contributed by atoms with Crippen molar-refractivity contribution in [2.45, 2.75) is 43.0 Å². The van der Waals surface area contributed by atoms with Crippen LogP contribution in [0.4, 0.5) is 4.39 Å². The topological polar surface area (TPSA) is 105 Å². The van der Waals surface area contributed by atoms with E-state index in [0.29, 0.717) is 32.4 Å². The molecule has 34 heavy (non-hydrogen) atoms. The fourth-order valence-electron chi connectivity index (χ4n) is 3.95. The van der Waals surface area contributed by atoms with Gasteiger partial charge in [0.1, 0.15) is 11.6 Å². The van der Waals surface area contributed by atoms with Gasteiger partial charge in [-0.2, -0.15) is 4.31 Å². The summed E-state index contributed by atoms with van der Waals surface area (Å²) in [5, 5.41) is 5.16. The van der Waals surface area contributed by atoms with Gasteiger partial charge in [0, 0.05) is 25.7 Å². The fourth-order valence-corrected chi connectivity index (χ4v) is 5.67. The lowest BCUT2D eigenvalue weighted by Gasteiger charge is -2.34. The van der Waals surface area contributed by atoms with E-state index in [1.807, 2.05) is 24.3 Å². The van der Waals surface area contributed by atoms with Crippen LogP contribution in [-0.2, 0) is 26.0 Å². The number of hydrogen-bond acceptors (Lipinski definition) is 5. The minimum absolute atomic E-state index is 0.0427. The third-order valence-electron chi connectivity index (χ3n) is 5.82. The molecule has 1 saturated heterocycles. The molecule has 184 valence electrons. The molecule has 1 heterocycles. The highest BCUT2D eigenvalue weighted by Crippen LogP contribution is 2.27. The van der Waals surface area contributed by atoms with Crippen molar-refractivity contribution in [3.63, 3.8) is 0 Å². The Balaban J connectivity index is 1.46. The Hall–Kier alpha value is -2.98. The maximum absolute atomic E-state index is 13.2. The molecule has 0 radical (unpaired) electrons. The number of carbonyl (C=O) groups excluding carboxylic acids is 2. The van der Waals surface area contributed by atoms with Gasteiger partial charge in [0.25, 0.3) is 0 Å². The van der Waals surface area contributed by atoms with Crippen LogP contribution in [0.1, 0.15) is 31.2 Å². The van der Waals surface area contributed by atoms with Gasteiger partial charge in [0.05, 0.1) is 12.0 Å². The molecular formula is C24H30FN3O5S. The normalized spacial score (nSPS) is 16.6. The van der Waals surface area contributed by atoms with Gasteiger partial charge < -0.3 is 15.4 Å². The van der Waals surface area contributed by atoms with E-state index in [1.165, 1.54) is 16.4 Å². The summed E-state index contributed by atoms with van der Waals surface area (Å²) in [5.74, 6) is -1.24. The van der Waals surface area contributed by atoms with Crippen molar-refractivity contribution >= 4 is 21.8 Å². The van der Waals surface area contributed by atoms with Crippen LogP contribution in [0.5, 0.6) is 5.75 Å². The average molecular weight is 492 g/mol. The zero-order valence-corrected chi connectivity index (χ0v) is 19.9. The first-order chi connectivity index (χ1) is 16.3. The molecule has 1 aliphatic heterocycles. The highest BCUT2D eigenvalue weighted by Gasteiger charge is 2.33. The Kier molecular flexibility index (Phi) is 9.00. The molecule has 8 nitrogen and oxygen atoms in total. The molecule has 0 spiro atoms. The lowest BCUT2D eigenvalue weighted by molar-refractivity contribution is -0.139. The van der Waals surface area contributed by atoms with Crippen molar-refractivity contribution in [1.82, 2.24) is 14.9 Å². The molecule has 2 aromatic rings. The average Bonchev–Trinajstić information content (AvgIpc) is 2.85. The van der Waals surface area contributed by atoms with Crippen molar-refractivity contribution in [1.29, 1.82) is 0 Å². The largest absolute Gasteiger partial charge is 0.497 e. The van der Waals surface area contributed by atoms with E-state index < -0.39 is 27.7 Å². The number of piperidine rings is 1. The van der Waals surface area contributed by atoms with E-state index in [-0.39, 0.29) is 17.5 Å². The summed E-state index contributed by atoms with van der Waals surface area (Å²) < 4.78 is 45.8. The van der Waals surface area contributed by atoms with Gasteiger partial charge in [-0.05, 0) is 67.6 Å². The molecule has 1 aliphatic rings. The number of sulfonamides is 1. The predicted octanol–water partition coefficient (Wildman–Crippen LogP) is 2.24. The van der Waals surface area contributed by atoms with Crippen LogP contribution in [0.2, 0.25) is 0 Å². The van der Waals surface area contributed by atoms with Crippen LogP contribution in [0, 0.1) is 5.82 Å². The number of methoxy groups -OCH3 is 1. The van der Waals surface area contributed by atoms with Crippen LogP contribution in [0.25, 0.3) is 0 Å². The zero-order valence-electron chi connectivity index (χ0n) is 19.1. The first-order valence-corrected chi connectivity index (χ1v) is 12.7. The number of nitrogens with zero attached hydrogens (tertiary/aromatic N) is 1. The SMILES string of the molecule is COc1ccc(CCNC(=O)C(=O)NCC[C@@H]2CCCCN2S(=O)(=O)c2ccc(F)cc2)cc1. The van der Waals surface area contributed by atoms with Crippen molar-refractivity contribution in [2.24, 2.45) is 0 Å². The predicted molar refractivity (Wildman–Crippen MR) is 125 cm³/mol. The quantitative estimate of drug-likeness (QED) is 0.524. The molecule has 0 aromatic heterocycles. The number of carbonyl (C=O) groups is 2. The molecule has 3 rings (SSSR count). The summed E-state index contributed by atoms with van der Waals surface area (Å²) in [4.78, 5) is 24.2. The summed E-state index contributed by atoms with van der Waals surface area (Å²) in [5.41, 5.74) is 1.00. The van der Waals surface area contributed by atoms with Crippen LogP contribution < -0.4 is 15.4 Å². The van der Waals surface area contributed by atoms with Crippen LogP contribution >= 0.6 is 0 Å². The molecule has 1 atom stereocenters. The molecule has 2 N–H and O–H groups in total. The maximum atomic E-state index is 13.2. The summed E-state index contributed by atoms with van der Waals surface area (Å²) in [7, 11) is -2.18. The van der Waals surface area contributed by atoms with Gasteiger partial charge in [-0.1, -0.05) is 18.6 Å². The van der Waals surface area contributed by atoms with Crippen LogP contribution in [0.15, 0.2) is 53.4 Å². The fraction of sp³-hybridized carbons (Fsp3) is 0.417. The number of rotatable bonds is 9. The number of amides is 2. The van der Waals surface area contributed by atoms with Crippen LogP contribution in [0.3, 0.4) is 0 Å². The second-order valence-corrected chi connectivity index (χ2v) is 10.0. The Morgan fingerprint density at radius 1 is 1.00 bits per heavy atom. The van der Waals surface area contributed by atoms with Gasteiger partial charge in [-0.25, -0.2) is 12.8 Å². The molecule has 2 aromatic carbocycles. The number of hydrogen-bond donors (Lipinski definition) is 2. The maximum Gasteiger partial charge on any atom is 0.309 e. The van der Waals surface area contributed by atoms with E-state index in [4.69, 9.17) is 4.74 Å². The van der Waals surface area contributed by atoms with Gasteiger partial charge in [-0.3, -0.25) is 9.59 Å². The highest BCUT2D eigenvalue weighted by atomic mass is 32.2. The minimum atomic E-state index is -3.77. The monoisotopic (exact) mass is 491 g/mol. The Morgan fingerprint density at radius 3 is 2.29 bits per heavy atom. The van der Waals surface area contributed by atoms with Crippen LogP contribution in [-0.4, -0.2) is 57.3 Å². The van der Waals surface area contributed by atoms with E-state index in [1.54, 1.807) is 7.11 Å². The Labute approximate surface area is 199 Å². The molecule has 2 amide bonds. The number of ether oxygens (including phenoxy) is 1. The molecule has 0 aliphatic carbocycles. The van der Waals surface area contributed by atoms with Crippen molar-refractivity contribution in [3.05, 3.63) is 59.9 Å². The van der Waals surface area contributed by atoms with Gasteiger partial charge in [0.2, 0.25) is 10.0 Å². The number of benzene rings is 2. The first kappa shape index (κ1) is 25.6. The molecule has 1 fully saturated rings. The zero-order chi connectivity index (χ0) is 24.6. The molecular weight excluding hydrogens is 461 g/mol. The van der Waals surface area contributed by atoms with Gasteiger partial charge in [-0.15, -0.1) is 0 Å². The molecule has 0 bridgehead atoms. The Bertz CT molecular complexity index is 1070. The smallest absolute Gasteiger partial charge is 0.309 e. The third kappa shape index (κ3) is 6.77. The summed E-state index contributed by atoms with van der Waals surface area (Å²) in [6.07, 6.45) is 3.22. The summed E-state index contributed by atoms with van der Waals surface area (Å²) in [6.45, 7) is 0.847. The standard InChI is InChI=1S/C24H30FN3O5S/c1-33-21-9-5-18(6-10-21)13-15-26-23(29)24(30)27-16-14-20-4-2-3-17-28(20)34(31,32)22-11-7-19(25)8-12-22/h5-12,20H,2-4,13-17H2,1H3,(H,26,29)(H,27,30)/t20-/m0/s1. The van der Waals surface area contributed by atoms with E-state index in [0.717, 1.165) is 36.3 Å². The first-order valence-electron chi connectivity index (χ1n) is 11.3. The van der Waals surface area contributed by atoms with Gasteiger partial charge >= 0.3 is 11.8 Å². The lowest BCUT2D eigenvalue weighted by atomic mass is 10.0. The molecule has 0 saturated carbocycles. The van der Waals surface area contributed by atoms with E-state index >= 15 is 0 Å². The lowest BCUT2D eigenvalue weighted by Crippen LogP contribution is -2.46. The summed E-state index contributed by atoms with van der Waals surface area (Å²) >= 11 is 0. The van der Waals surface area contributed by atoms with Gasteiger partial charge in [0.15, 0.2) is 0 Å². The number of nitrogens with one attached hydrogen (secondary N) is 2. The molecule has 0 unspecified atom stereocenters. The van der Waals surface area contributed by atoms with E-state index in [9.17, 15) is 22.4 Å². The second kappa shape index (κ2) is 11.9. The second-order valence-electron chi connectivity index (χ2n) is 8.12. The number of halogens is 1. The van der Waals surface area contributed by atoms with E-state index in [2.05, 4.69) is 10.6 Å². The molecule has 10 heteroatoms. The Morgan fingerprint density at radius 2 is 1.65 bits per heavy atom. The van der Waals surface area contributed by atoms with Crippen molar-refractivity contribution in [3.8, 4) is 5.75 Å².